The molecule has 1 heterocycles. The first-order valence-electron chi connectivity index (χ1n) is 7.67. The minimum Gasteiger partial charge on any atom is -0.360 e. The molecule has 0 aliphatic carbocycles. The van der Waals surface area contributed by atoms with E-state index >= 15 is 0 Å². The lowest BCUT2D eigenvalue weighted by atomic mass is 10.0. The van der Waals surface area contributed by atoms with Gasteiger partial charge in [0.15, 0.2) is 0 Å². The number of aromatic nitrogens is 1. The highest BCUT2D eigenvalue weighted by molar-refractivity contribution is 6.09. The lowest BCUT2D eigenvalue weighted by Crippen LogP contribution is -2.91. The number of fused-ring (bicyclic) bond motifs is 1. The molecule has 3 heteroatoms. The van der Waals surface area contributed by atoms with Gasteiger partial charge in [-0.1, -0.05) is 48.5 Å². The van der Waals surface area contributed by atoms with E-state index in [0.29, 0.717) is 0 Å². The quantitative estimate of drug-likeness (QED) is 0.698. The standard InChI is InChI=1S/C19H20N2O/c1-13(15-8-4-3-5-9-15)21-14(2)19(22)17-12-20-18-11-7-6-10-16(17)18/h3-14,20-21H,1-2H3/p+1/t13-,14-/m1/s1. The Balaban J connectivity index is 1.77. The number of ketones is 1. The number of H-pyrrole nitrogens is 1. The average Bonchev–Trinajstić information content (AvgIpc) is 2.99. The number of nitrogens with one attached hydrogen (secondary N) is 1. The van der Waals surface area contributed by atoms with E-state index in [1.54, 1.807) is 0 Å². The second-order valence-corrected chi connectivity index (χ2v) is 5.79. The lowest BCUT2D eigenvalue weighted by Gasteiger charge is -2.16. The summed E-state index contributed by atoms with van der Waals surface area (Å²) in [6, 6.07) is 18.3. The smallest absolute Gasteiger partial charge is 0.221 e. The Kier molecular flexibility index (Phi) is 4.07. The predicted molar refractivity (Wildman–Crippen MR) is 88.9 cm³/mol. The van der Waals surface area contributed by atoms with E-state index in [0.717, 1.165) is 16.5 Å². The van der Waals surface area contributed by atoms with Gasteiger partial charge in [-0.3, -0.25) is 4.79 Å². The number of hydrogen-bond acceptors (Lipinski definition) is 1. The number of carbonyl (C=O) groups is 1. The fourth-order valence-corrected chi connectivity index (χ4v) is 2.91. The molecule has 0 amide bonds. The van der Waals surface area contributed by atoms with Crippen molar-refractivity contribution in [1.82, 2.24) is 4.98 Å². The maximum absolute atomic E-state index is 12.7. The van der Waals surface area contributed by atoms with Gasteiger partial charge in [-0.2, -0.15) is 0 Å². The summed E-state index contributed by atoms with van der Waals surface area (Å²) in [5.74, 6) is 0.167. The highest BCUT2D eigenvalue weighted by Gasteiger charge is 2.23. The van der Waals surface area contributed by atoms with Crippen molar-refractivity contribution in [2.75, 3.05) is 0 Å². The molecular weight excluding hydrogens is 272 g/mol. The van der Waals surface area contributed by atoms with Crippen LogP contribution in [0.5, 0.6) is 0 Å². The van der Waals surface area contributed by atoms with Gasteiger partial charge in [0.25, 0.3) is 0 Å². The van der Waals surface area contributed by atoms with Gasteiger partial charge in [0, 0.05) is 28.2 Å². The molecule has 0 aliphatic rings. The molecule has 3 nitrogen and oxygen atoms in total. The summed E-state index contributed by atoms with van der Waals surface area (Å²) < 4.78 is 0. The number of aromatic amines is 1. The van der Waals surface area contributed by atoms with Crippen LogP contribution < -0.4 is 5.32 Å². The van der Waals surface area contributed by atoms with Crippen LogP contribution in [-0.4, -0.2) is 16.8 Å². The molecule has 2 atom stereocenters. The third kappa shape index (κ3) is 2.81. The van der Waals surface area contributed by atoms with Crippen LogP contribution in [0.15, 0.2) is 60.8 Å². The largest absolute Gasteiger partial charge is 0.360 e. The topological polar surface area (TPSA) is 49.5 Å². The van der Waals surface area contributed by atoms with Crippen molar-refractivity contribution in [3.05, 3.63) is 71.9 Å². The minimum atomic E-state index is -0.116. The van der Waals surface area contributed by atoms with Gasteiger partial charge < -0.3 is 10.3 Å². The molecule has 0 radical (unpaired) electrons. The number of Topliss-reactive ketones (excluding diaryl/α,β-unsaturated/α-hetero) is 1. The zero-order chi connectivity index (χ0) is 15.5. The van der Waals surface area contributed by atoms with E-state index in [1.807, 2.05) is 55.6 Å². The van der Waals surface area contributed by atoms with Crippen LogP contribution in [-0.2, 0) is 0 Å². The van der Waals surface area contributed by atoms with Crippen molar-refractivity contribution in [1.29, 1.82) is 0 Å². The molecule has 3 rings (SSSR count). The van der Waals surface area contributed by atoms with Gasteiger partial charge in [0.1, 0.15) is 12.1 Å². The van der Waals surface area contributed by atoms with Gasteiger partial charge in [-0.15, -0.1) is 0 Å². The Morgan fingerprint density at radius 1 is 1.00 bits per heavy atom. The Morgan fingerprint density at radius 3 is 2.45 bits per heavy atom. The molecule has 22 heavy (non-hydrogen) atoms. The van der Waals surface area contributed by atoms with Crippen LogP contribution in [0.1, 0.15) is 35.8 Å². The molecule has 0 bridgehead atoms. The molecule has 0 unspecified atom stereocenters. The summed E-state index contributed by atoms with van der Waals surface area (Å²) in [5.41, 5.74) is 3.02. The molecule has 0 saturated carbocycles. The second kappa shape index (κ2) is 6.16. The first-order chi connectivity index (χ1) is 10.7. The molecule has 3 N–H and O–H groups in total. The molecule has 112 valence electrons. The summed E-state index contributed by atoms with van der Waals surface area (Å²) in [4.78, 5) is 15.9. The van der Waals surface area contributed by atoms with Gasteiger partial charge in [0.2, 0.25) is 5.78 Å². The monoisotopic (exact) mass is 293 g/mol. The number of nitrogens with two attached hydrogens (primary N) is 1. The summed E-state index contributed by atoms with van der Waals surface area (Å²) in [6.07, 6.45) is 1.82. The summed E-state index contributed by atoms with van der Waals surface area (Å²) in [5, 5.41) is 3.12. The Hall–Kier alpha value is -2.39. The molecule has 1 aromatic heterocycles. The van der Waals surface area contributed by atoms with Crippen LogP contribution in [0.2, 0.25) is 0 Å². The van der Waals surface area contributed by atoms with Crippen molar-refractivity contribution < 1.29 is 10.1 Å². The fourth-order valence-electron chi connectivity index (χ4n) is 2.91. The summed E-state index contributed by atoms with van der Waals surface area (Å²) in [6.45, 7) is 4.11. The van der Waals surface area contributed by atoms with Gasteiger partial charge >= 0.3 is 0 Å². The van der Waals surface area contributed by atoms with E-state index in [2.05, 4.69) is 29.4 Å². The average molecular weight is 293 g/mol. The van der Waals surface area contributed by atoms with Crippen LogP contribution in [0.4, 0.5) is 0 Å². The lowest BCUT2D eigenvalue weighted by molar-refractivity contribution is -0.709. The van der Waals surface area contributed by atoms with Crippen molar-refractivity contribution >= 4 is 16.7 Å². The zero-order valence-electron chi connectivity index (χ0n) is 12.9. The zero-order valence-corrected chi connectivity index (χ0v) is 12.9. The fraction of sp³-hybridized carbons (Fsp3) is 0.211. The van der Waals surface area contributed by atoms with Crippen LogP contribution in [0.25, 0.3) is 10.9 Å². The number of rotatable bonds is 5. The number of benzene rings is 2. The van der Waals surface area contributed by atoms with E-state index in [-0.39, 0.29) is 17.9 Å². The van der Waals surface area contributed by atoms with E-state index in [1.165, 1.54) is 5.56 Å². The predicted octanol–water partition coefficient (Wildman–Crippen LogP) is 3.06. The number of carbonyl (C=O) groups excluding carboxylic acids is 1. The molecule has 3 aromatic rings. The summed E-state index contributed by atoms with van der Waals surface area (Å²) in [7, 11) is 0. The Labute approximate surface area is 130 Å². The van der Waals surface area contributed by atoms with E-state index in [4.69, 9.17) is 0 Å². The third-order valence-corrected chi connectivity index (χ3v) is 4.17. The molecule has 0 aliphatic heterocycles. The van der Waals surface area contributed by atoms with Gasteiger partial charge in [-0.25, -0.2) is 0 Å². The normalized spacial score (nSPS) is 13.9. The SMILES string of the molecule is C[C@@H]([NH2+][C@H](C)c1ccccc1)C(=O)c1c[nH]c2ccccc12. The van der Waals surface area contributed by atoms with E-state index < -0.39 is 0 Å². The van der Waals surface area contributed by atoms with Crippen molar-refractivity contribution in [2.45, 2.75) is 25.9 Å². The minimum absolute atomic E-state index is 0.116. The Bertz CT molecular complexity index is 776. The highest BCUT2D eigenvalue weighted by Crippen LogP contribution is 2.18. The molecule has 0 fully saturated rings. The molecule has 0 spiro atoms. The van der Waals surface area contributed by atoms with Crippen LogP contribution >= 0.6 is 0 Å². The van der Waals surface area contributed by atoms with Crippen molar-refractivity contribution in [3.8, 4) is 0 Å². The maximum atomic E-state index is 12.7. The first-order valence-corrected chi connectivity index (χ1v) is 7.67. The number of quaternary nitrogens is 1. The van der Waals surface area contributed by atoms with Crippen molar-refractivity contribution in [3.63, 3.8) is 0 Å². The van der Waals surface area contributed by atoms with Gasteiger partial charge in [-0.05, 0) is 19.9 Å². The molecular formula is C19H21N2O+. The van der Waals surface area contributed by atoms with Gasteiger partial charge in [0.05, 0.1) is 0 Å². The first kappa shape index (κ1) is 14.5. The van der Waals surface area contributed by atoms with Crippen LogP contribution in [0, 0.1) is 0 Å². The van der Waals surface area contributed by atoms with Crippen LogP contribution in [0.3, 0.4) is 0 Å². The third-order valence-electron chi connectivity index (χ3n) is 4.17. The second-order valence-electron chi connectivity index (χ2n) is 5.79. The number of para-hydroxylation sites is 1. The molecule has 0 saturated heterocycles. The van der Waals surface area contributed by atoms with Crippen molar-refractivity contribution in [2.24, 2.45) is 0 Å². The Morgan fingerprint density at radius 2 is 1.68 bits per heavy atom. The van der Waals surface area contributed by atoms with E-state index in [9.17, 15) is 4.79 Å². The highest BCUT2D eigenvalue weighted by atomic mass is 16.1. The maximum Gasteiger partial charge on any atom is 0.221 e. The summed E-state index contributed by atoms with van der Waals surface area (Å²) >= 11 is 0. The molecule has 2 aromatic carbocycles. The number of hydrogen-bond donors (Lipinski definition) is 2.